The molecule has 0 aromatic heterocycles. The van der Waals surface area contributed by atoms with E-state index in [4.69, 9.17) is 10.00 Å². The first-order valence-corrected chi connectivity index (χ1v) is 7.78. The molecule has 0 unspecified atom stereocenters. The predicted molar refractivity (Wildman–Crippen MR) is 87.9 cm³/mol. The molecule has 0 heterocycles. The molecule has 1 amide bonds. The van der Waals surface area contributed by atoms with Gasteiger partial charge in [0.1, 0.15) is 6.61 Å². The molecule has 0 saturated heterocycles. The van der Waals surface area contributed by atoms with E-state index in [-0.39, 0.29) is 18.7 Å². The van der Waals surface area contributed by atoms with E-state index < -0.39 is 0 Å². The molecule has 1 aliphatic carbocycles. The van der Waals surface area contributed by atoms with E-state index in [1.807, 2.05) is 30.3 Å². The number of ether oxygens (including phenoxy) is 1. The Balaban J connectivity index is 1.73. The van der Waals surface area contributed by atoms with Crippen molar-refractivity contribution in [2.75, 3.05) is 4.90 Å². The molecule has 0 spiro atoms. The first kappa shape index (κ1) is 15.1. The maximum Gasteiger partial charge on any atom is 0.414 e. The average molecular weight is 306 g/mol. The molecule has 1 saturated carbocycles. The van der Waals surface area contributed by atoms with Crippen molar-refractivity contribution >= 4 is 11.8 Å². The van der Waals surface area contributed by atoms with Crippen molar-refractivity contribution in [3.05, 3.63) is 65.7 Å². The lowest BCUT2D eigenvalue weighted by molar-refractivity contribution is 0.141. The maximum atomic E-state index is 12.5. The van der Waals surface area contributed by atoms with Crippen LogP contribution in [0.2, 0.25) is 0 Å². The van der Waals surface area contributed by atoms with E-state index in [2.05, 4.69) is 6.07 Å². The Labute approximate surface area is 135 Å². The first-order valence-electron chi connectivity index (χ1n) is 7.78. The fourth-order valence-corrected chi connectivity index (χ4v) is 2.60. The summed E-state index contributed by atoms with van der Waals surface area (Å²) in [5.41, 5.74) is 2.33. The van der Waals surface area contributed by atoms with Crippen LogP contribution in [0.4, 0.5) is 10.5 Å². The van der Waals surface area contributed by atoms with Crippen LogP contribution in [0.25, 0.3) is 0 Å². The number of anilines is 1. The first-order chi connectivity index (χ1) is 11.3. The van der Waals surface area contributed by atoms with Crippen LogP contribution in [0.1, 0.15) is 30.4 Å². The third-order valence-corrected chi connectivity index (χ3v) is 4.12. The zero-order chi connectivity index (χ0) is 16.1. The van der Waals surface area contributed by atoms with E-state index in [1.54, 1.807) is 29.2 Å². The maximum absolute atomic E-state index is 12.5. The standard InChI is InChI=1S/C19H18N2O2/c20-13-15-9-11-18(12-10-15)21(17-7-4-8-17)19(22)23-14-16-5-2-1-3-6-16/h1-3,5-6,9-12,17H,4,7-8,14H2. The van der Waals surface area contributed by atoms with Crippen molar-refractivity contribution < 1.29 is 9.53 Å². The van der Waals surface area contributed by atoms with Gasteiger partial charge >= 0.3 is 6.09 Å². The molecule has 1 aliphatic rings. The molecule has 1 fully saturated rings. The number of nitriles is 1. The van der Waals surface area contributed by atoms with Crippen LogP contribution in [-0.2, 0) is 11.3 Å². The Hall–Kier alpha value is -2.80. The van der Waals surface area contributed by atoms with Gasteiger partial charge in [-0.3, -0.25) is 4.90 Å². The van der Waals surface area contributed by atoms with Crippen molar-refractivity contribution in [1.29, 1.82) is 5.26 Å². The molecule has 0 bridgehead atoms. The lowest BCUT2D eigenvalue weighted by Crippen LogP contribution is -2.44. The highest BCUT2D eigenvalue weighted by atomic mass is 16.6. The number of benzene rings is 2. The summed E-state index contributed by atoms with van der Waals surface area (Å²) in [6.45, 7) is 0.263. The summed E-state index contributed by atoms with van der Waals surface area (Å²) in [7, 11) is 0. The summed E-state index contributed by atoms with van der Waals surface area (Å²) >= 11 is 0. The Bertz CT molecular complexity index is 700. The molecule has 0 N–H and O–H groups in total. The van der Waals surface area contributed by atoms with E-state index in [1.165, 1.54) is 0 Å². The SMILES string of the molecule is N#Cc1ccc(N(C(=O)OCc2ccccc2)C2CCC2)cc1. The highest BCUT2D eigenvalue weighted by Crippen LogP contribution is 2.30. The molecule has 2 aromatic carbocycles. The van der Waals surface area contributed by atoms with Crippen molar-refractivity contribution in [2.45, 2.75) is 31.9 Å². The minimum absolute atomic E-state index is 0.186. The highest BCUT2D eigenvalue weighted by molar-refractivity contribution is 5.88. The summed E-state index contributed by atoms with van der Waals surface area (Å²) in [5.74, 6) is 0. The Morgan fingerprint density at radius 1 is 1.13 bits per heavy atom. The van der Waals surface area contributed by atoms with Crippen LogP contribution in [0.3, 0.4) is 0 Å². The Kier molecular flexibility index (Phi) is 4.58. The van der Waals surface area contributed by atoms with E-state index in [0.29, 0.717) is 5.56 Å². The molecule has 0 radical (unpaired) electrons. The summed E-state index contributed by atoms with van der Waals surface area (Å²) in [4.78, 5) is 14.3. The molecule has 0 atom stereocenters. The fourth-order valence-electron chi connectivity index (χ4n) is 2.60. The van der Waals surface area contributed by atoms with Crippen molar-refractivity contribution in [2.24, 2.45) is 0 Å². The van der Waals surface area contributed by atoms with Gasteiger partial charge in [-0.05, 0) is 49.1 Å². The molecule has 23 heavy (non-hydrogen) atoms. The summed E-state index contributed by atoms with van der Waals surface area (Å²) in [6.07, 6.45) is 2.77. The van der Waals surface area contributed by atoms with Crippen molar-refractivity contribution in [3.63, 3.8) is 0 Å². The topological polar surface area (TPSA) is 53.3 Å². The van der Waals surface area contributed by atoms with Crippen LogP contribution in [0, 0.1) is 11.3 Å². The third-order valence-electron chi connectivity index (χ3n) is 4.12. The second-order valence-electron chi connectivity index (χ2n) is 5.65. The quantitative estimate of drug-likeness (QED) is 0.848. The van der Waals surface area contributed by atoms with E-state index in [0.717, 1.165) is 30.5 Å². The van der Waals surface area contributed by atoms with Crippen molar-refractivity contribution in [1.82, 2.24) is 0 Å². The lowest BCUT2D eigenvalue weighted by Gasteiger charge is -2.36. The second kappa shape index (κ2) is 6.97. The average Bonchev–Trinajstić information content (AvgIpc) is 2.57. The highest BCUT2D eigenvalue weighted by Gasteiger charge is 2.31. The lowest BCUT2D eigenvalue weighted by atomic mass is 9.91. The molecule has 116 valence electrons. The zero-order valence-corrected chi connectivity index (χ0v) is 12.8. The van der Waals surface area contributed by atoms with Gasteiger partial charge in [0.15, 0.2) is 0 Å². The molecule has 3 rings (SSSR count). The molecule has 2 aromatic rings. The summed E-state index contributed by atoms with van der Waals surface area (Å²) in [5, 5.41) is 8.90. The minimum Gasteiger partial charge on any atom is -0.444 e. The molecule has 4 heteroatoms. The van der Waals surface area contributed by atoms with Gasteiger partial charge in [0, 0.05) is 11.7 Å². The summed E-state index contributed by atoms with van der Waals surface area (Å²) in [6, 6.07) is 19.0. The summed E-state index contributed by atoms with van der Waals surface area (Å²) < 4.78 is 5.48. The van der Waals surface area contributed by atoms with Crippen molar-refractivity contribution in [3.8, 4) is 6.07 Å². The van der Waals surface area contributed by atoms with Gasteiger partial charge in [-0.2, -0.15) is 5.26 Å². The zero-order valence-electron chi connectivity index (χ0n) is 12.8. The second-order valence-corrected chi connectivity index (χ2v) is 5.65. The Morgan fingerprint density at radius 2 is 1.83 bits per heavy atom. The Morgan fingerprint density at radius 3 is 2.39 bits per heavy atom. The molecular formula is C19H18N2O2. The van der Waals surface area contributed by atoms with Gasteiger partial charge < -0.3 is 4.74 Å². The molecule has 4 nitrogen and oxygen atoms in total. The minimum atomic E-state index is -0.330. The van der Waals surface area contributed by atoms with Gasteiger partial charge in [0.05, 0.1) is 11.6 Å². The predicted octanol–water partition coefficient (Wildman–Crippen LogP) is 4.25. The number of carbonyl (C=O) groups is 1. The monoisotopic (exact) mass is 306 g/mol. The van der Waals surface area contributed by atoms with Crippen LogP contribution in [0.15, 0.2) is 54.6 Å². The van der Waals surface area contributed by atoms with E-state index in [9.17, 15) is 4.79 Å². The smallest absolute Gasteiger partial charge is 0.414 e. The van der Waals surface area contributed by atoms with E-state index >= 15 is 0 Å². The number of hydrogen-bond acceptors (Lipinski definition) is 3. The fraction of sp³-hybridized carbons (Fsp3) is 0.263. The normalized spacial score (nSPS) is 13.7. The van der Waals surface area contributed by atoms with Gasteiger partial charge in [0.25, 0.3) is 0 Å². The van der Waals surface area contributed by atoms with Gasteiger partial charge in [-0.1, -0.05) is 30.3 Å². The number of amides is 1. The van der Waals surface area contributed by atoms with Crippen LogP contribution in [-0.4, -0.2) is 12.1 Å². The van der Waals surface area contributed by atoms with Gasteiger partial charge in [-0.15, -0.1) is 0 Å². The van der Waals surface area contributed by atoms with Crippen LogP contribution < -0.4 is 4.90 Å². The van der Waals surface area contributed by atoms with Gasteiger partial charge in [0.2, 0.25) is 0 Å². The third kappa shape index (κ3) is 3.51. The van der Waals surface area contributed by atoms with Crippen LogP contribution >= 0.6 is 0 Å². The number of nitrogens with zero attached hydrogens (tertiary/aromatic N) is 2. The van der Waals surface area contributed by atoms with Crippen LogP contribution in [0.5, 0.6) is 0 Å². The van der Waals surface area contributed by atoms with Gasteiger partial charge in [-0.25, -0.2) is 4.79 Å². The molecular weight excluding hydrogens is 288 g/mol. The number of hydrogen-bond donors (Lipinski definition) is 0. The molecule has 0 aliphatic heterocycles. The number of carbonyl (C=O) groups excluding carboxylic acids is 1. The number of rotatable bonds is 4. The largest absolute Gasteiger partial charge is 0.444 e.